The normalized spacial score (nSPS) is 13.2. The minimum absolute atomic E-state index is 0.0506. The van der Waals surface area contributed by atoms with Crippen LogP contribution in [0.2, 0.25) is 0 Å². The van der Waals surface area contributed by atoms with Crippen molar-refractivity contribution in [3.8, 4) is 5.75 Å². The molecule has 0 saturated carbocycles. The summed E-state index contributed by atoms with van der Waals surface area (Å²) < 4.78 is 7.31. The first kappa shape index (κ1) is 12.8. The van der Waals surface area contributed by atoms with Crippen molar-refractivity contribution >= 4 is 11.0 Å². The molecule has 0 spiro atoms. The molecule has 0 fully saturated rings. The van der Waals surface area contributed by atoms with Gasteiger partial charge in [0.05, 0.1) is 24.8 Å². The molecule has 1 N–H and O–H groups in total. The average Bonchev–Trinajstić information content (AvgIpc) is 2.75. The van der Waals surface area contributed by atoms with Crippen molar-refractivity contribution < 1.29 is 9.84 Å². The number of hydrogen-bond acceptors (Lipinski definition) is 4. The number of rotatable bonds is 5. The summed E-state index contributed by atoms with van der Waals surface area (Å²) in [6.07, 6.45) is 0. The zero-order valence-electron chi connectivity index (χ0n) is 11.0. The summed E-state index contributed by atoms with van der Waals surface area (Å²) in [6.45, 7) is 6.70. The van der Waals surface area contributed by atoms with Crippen LogP contribution in [0.5, 0.6) is 5.75 Å². The van der Waals surface area contributed by atoms with Gasteiger partial charge in [-0.25, -0.2) is 4.68 Å². The average molecular weight is 249 g/mol. The third-order valence-electron chi connectivity index (χ3n) is 3.04. The maximum atomic E-state index is 9.48. The molecule has 5 heteroatoms. The van der Waals surface area contributed by atoms with E-state index in [4.69, 9.17) is 4.74 Å². The lowest BCUT2D eigenvalue weighted by Gasteiger charge is -2.18. The van der Waals surface area contributed by atoms with E-state index in [0.29, 0.717) is 6.61 Å². The Morgan fingerprint density at radius 2 is 2.17 bits per heavy atom. The first-order valence-electron chi connectivity index (χ1n) is 6.26. The summed E-state index contributed by atoms with van der Waals surface area (Å²) in [4.78, 5) is 0. The van der Waals surface area contributed by atoms with Crippen molar-refractivity contribution in [3.05, 3.63) is 18.2 Å². The van der Waals surface area contributed by atoms with E-state index in [0.717, 1.165) is 16.8 Å². The number of hydrogen-bond donors (Lipinski definition) is 1. The van der Waals surface area contributed by atoms with Gasteiger partial charge in [-0.15, -0.1) is 5.10 Å². The molecular weight excluding hydrogens is 230 g/mol. The number of ether oxygens (including phenoxy) is 1. The fourth-order valence-corrected chi connectivity index (χ4v) is 2.02. The summed E-state index contributed by atoms with van der Waals surface area (Å²) in [5.74, 6) is 1.03. The van der Waals surface area contributed by atoms with Crippen LogP contribution in [0.3, 0.4) is 0 Å². The number of aromatic nitrogens is 3. The van der Waals surface area contributed by atoms with Crippen molar-refractivity contribution in [2.75, 3.05) is 13.2 Å². The van der Waals surface area contributed by atoms with E-state index < -0.39 is 0 Å². The Kier molecular flexibility index (Phi) is 3.81. The molecule has 1 heterocycles. The third kappa shape index (κ3) is 2.18. The highest BCUT2D eigenvalue weighted by molar-refractivity contribution is 5.81. The highest BCUT2D eigenvalue weighted by Crippen LogP contribution is 2.27. The number of aliphatic hydroxyl groups excluding tert-OH is 1. The molecule has 5 nitrogen and oxygen atoms in total. The zero-order valence-corrected chi connectivity index (χ0v) is 11.0. The van der Waals surface area contributed by atoms with Crippen LogP contribution in [-0.4, -0.2) is 33.3 Å². The van der Waals surface area contributed by atoms with Crippen molar-refractivity contribution in [1.82, 2.24) is 15.0 Å². The van der Waals surface area contributed by atoms with Crippen LogP contribution >= 0.6 is 0 Å². The fourth-order valence-electron chi connectivity index (χ4n) is 2.02. The van der Waals surface area contributed by atoms with Crippen LogP contribution in [0.25, 0.3) is 11.0 Å². The van der Waals surface area contributed by atoms with Crippen LogP contribution in [-0.2, 0) is 0 Å². The van der Waals surface area contributed by atoms with Gasteiger partial charge >= 0.3 is 0 Å². The van der Waals surface area contributed by atoms with Crippen LogP contribution in [0.15, 0.2) is 18.2 Å². The molecule has 0 saturated heterocycles. The van der Waals surface area contributed by atoms with E-state index in [2.05, 4.69) is 24.2 Å². The van der Waals surface area contributed by atoms with Gasteiger partial charge in [-0.05, 0) is 25.0 Å². The number of fused-ring (bicyclic) bond motifs is 1. The van der Waals surface area contributed by atoms with Crippen molar-refractivity contribution in [2.24, 2.45) is 5.92 Å². The minimum Gasteiger partial charge on any atom is -0.491 e. The highest BCUT2D eigenvalue weighted by Gasteiger charge is 2.19. The van der Waals surface area contributed by atoms with E-state index in [1.165, 1.54) is 0 Å². The molecule has 0 radical (unpaired) electrons. The lowest BCUT2D eigenvalue weighted by atomic mass is 10.1. The van der Waals surface area contributed by atoms with Gasteiger partial charge in [0.25, 0.3) is 0 Å². The Morgan fingerprint density at radius 3 is 2.78 bits per heavy atom. The number of aliphatic hydroxyl groups is 1. The molecule has 98 valence electrons. The SMILES string of the molecule is CCOc1cccc2c1nnn2C(CO)C(C)C. The van der Waals surface area contributed by atoms with Gasteiger partial charge in [-0.1, -0.05) is 25.1 Å². The highest BCUT2D eigenvalue weighted by atomic mass is 16.5. The second-order valence-corrected chi connectivity index (χ2v) is 4.58. The zero-order chi connectivity index (χ0) is 13.1. The van der Waals surface area contributed by atoms with Gasteiger partial charge in [0.1, 0.15) is 5.75 Å². The summed E-state index contributed by atoms with van der Waals surface area (Å²) in [6, 6.07) is 5.69. The van der Waals surface area contributed by atoms with Gasteiger partial charge in [0.2, 0.25) is 0 Å². The second kappa shape index (κ2) is 5.35. The lowest BCUT2D eigenvalue weighted by molar-refractivity contribution is 0.184. The Balaban J connectivity index is 2.51. The topological polar surface area (TPSA) is 60.2 Å². The van der Waals surface area contributed by atoms with Crippen LogP contribution in [0.1, 0.15) is 26.8 Å². The van der Waals surface area contributed by atoms with E-state index in [1.54, 1.807) is 4.68 Å². The molecule has 0 aliphatic carbocycles. The fraction of sp³-hybridized carbons (Fsp3) is 0.538. The summed E-state index contributed by atoms with van der Waals surface area (Å²) in [5, 5.41) is 17.8. The maximum Gasteiger partial charge on any atom is 0.155 e. The molecule has 0 amide bonds. The van der Waals surface area contributed by atoms with Crippen LogP contribution < -0.4 is 4.74 Å². The Labute approximate surface area is 106 Å². The van der Waals surface area contributed by atoms with Crippen molar-refractivity contribution in [2.45, 2.75) is 26.8 Å². The molecule has 2 rings (SSSR count). The van der Waals surface area contributed by atoms with E-state index in [1.807, 2.05) is 25.1 Å². The van der Waals surface area contributed by atoms with Gasteiger partial charge < -0.3 is 9.84 Å². The third-order valence-corrected chi connectivity index (χ3v) is 3.04. The van der Waals surface area contributed by atoms with E-state index in [9.17, 15) is 5.11 Å². The molecule has 0 aliphatic heterocycles. The molecule has 1 aromatic carbocycles. The lowest BCUT2D eigenvalue weighted by Crippen LogP contribution is -2.20. The van der Waals surface area contributed by atoms with Gasteiger partial charge in [0.15, 0.2) is 5.52 Å². The van der Waals surface area contributed by atoms with E-state index in [-0.39, 0.29) is 18.6 Å². The monoisotopic (exact) mass is 249 g/mol. The molecule has 0 aliphatic rings. The number of benzene rings is 1. The van der Waals surface area contributed by atoms with Crippen molar-refractivity contribution in [3.63, 3.8) is 0 Å². The molecule has 18 heavy (non-hydrogen) atoms. The molecule has 1 atom stereocenters. The first-order valence-corrected chi connectivity index (χ1v) is 6.26. The molecule has 1 unspecified atom stereocenters. The molecule has 0 bridgehead atoms. The second-order valence-electron chi connectivity index (χ2n) is 4.58. The Bertz CT molecular complexity index is 522. The Hall–Kier alpha value is -1.62. The smallest absolute Gasteiger partial charge is 0.155 e. The van der Waals surface area contributed by atoms with Crippen LogP contribution in [0, 0.1) is 5.92 Å². The first-order chi connectivity index (χ1) is 8.69. The van der Waals surface area contributed by atoms with Crippen LogP contribution in [0.4, 0.5) is 0 Å². The number of nitrogens with zero attached hydrogens (tertiary/aromatic N) is 3. The molecule has 1 aromatic heterocycles. The quantitative estimate of drug-likeness (QED) is 0.880. The largest absolute Gasteiger partial charge is 0.491 e. The predicted molar refractivity (Wildman–Crippen MR) is 69.7 cm³/mol. The van der Waals surface area contributed by atoms with Gasteiger partial charge in [-0.2, -0.15) is 0 Å². The molecular formula is C13H19N3O2. The predicted octanol–water partition coefficient (Wildman–Crippen LogP) is 2.02. The summed E-state index contributed by atoms with van der Waals surface area (Å²) in [5.41, 5.74) is 1.65. The van der Waals surface area contributed by atoms with Gasteiger partial charge in [-0.3, -0.25) is 0 Å². The molecule has 2 aromatic rings. The minimum atomic E-state index is -0.0631. The maximum absolute atomic E-state index is 9.48. The van der Waals surface area contributed by atoms with Gasteiger partial charge in [0, 0.05) is 0 Å². The Morgan fingerprint density at radius 1 is 1.39 bits per heavy atom. The standard InChI is InChI=1S/C13H19N3O2/c1-4-18-12-7-5-6-10-13(12)14-15-16(10)11(8-17)9(2)3/h5-7,9,11,17H,4,8H2,1-3H3. The van der Waals surface area contributed by atoms with Crippen molar-refractivity contribution in [1.29, 1.82) is 0 Å². The summed E-state index contributed by atoms with van der Waals surface area (Å²) in [7, 11) is 0. The summed E-state index contributed by atoms with van der Waals surface area (Å²) >= 11 is 0. The van der Waals surface area contributed by atoms with E-state index >= 15 is 0 Å².